The van der Waals surface area contributed by atoms with Crippen LogP contribution in [0, 0.1) is 13.8 Å². The van der Waals surface area contributed by atoms with Crippen LogP contribution in [0.1, 0.15) is 30.8 Å². The summed E-state index contributed by atoms with van der Waals surface area (Å²) < 4.78 is 7.32. The van der Waals surface area contributed by atoms with Gasteiger partial charge < -0.3 is 10.1 Å². The molecule has 2 aromatic heterocycles. The van der Waals surface area contributed by atoms with E-state index in [1.807, 2.05) is 27.0 Å². The lowest BCUT2D eigenvalue weighted by Gasteiger charge is -2.10. The predicted octanol–water partition coefficient (Wildman–Crippen LogP) is 2.12. The molecule has 0 saturated carbocycles. The number of ether oxygens (including phenoxy) is 1. The second-order valence-corrected chi connectivity index (χ2v) is 5.15. The van der Waals surface area contributed by atoms with Crippen molar-refractivity contribution in [2.75, 3.05) is 0 Å². The highest BCUT2D eigenvalue weighted by molar-refractivity contribution is 5.22. The van der Waals surface area contributed by atoms with E-state index in [4.69, 9.17) is 4.74 Å². The van der Waals surface area contributed by atoms with Crippen LogP contribution in [0.15, 0.2) is 12.3 Å². The molecule has 2 aromatic rings. The van der Waals surface area contributed by atoms with Crippen molar-refractivity contribution in [3.8, 4) is 11.9 Å². The zero-order valence-corrected chi connectivity index (χ0v) is 12.6. The first kappa shape index (κ1) is 14.5. The predicted molar refractivity (Wildman–Crippen MR) is 76.8 cm³/mol. The third-order valence-corrected chi connectivity index (χ3v) is 2.91. The van der Waals surface area contributed by atoms with Crippen molar-refractivity contribution < 1.29 is 4.74 Å². The summed E-state index contributed by atoms with van der Waals surface area (Å²) in [6.07, 6.45) is 1.80. The molecule has 0 spiro atoms. The summed E-state index contributed by atoms with van der Waals surface area (Å²) in [4.78, 5) is 8.63. The molecule has 0 fully saturated rings. The Morgan fingerprint density at radius 1 is 1.35 bits per heavy atom. The Kier molecular flexibility index (Phi) is 4.34. The fourth-order valence-corrected chi connectivity index (χ4v) is 1.78. The largest absolute Gasteiger partial charge is 0.405 e. The molecule has 0 aliphatic rings. The van der Waals surface area contributed by atoms with Gasteiger partial charge >= 0.3 is 6.01 Å². The van der Waals surface area contributed by atoms with Gasteiger partial charge in [-0.05, 0) is 13.8 Å². The van der Waals surface area contributed by atoms with Crippen LogP contribution in [0.5, 0.6) is 11.9 Å². The molecule has 0 unspecified atom stereocenters. The molecule has 0 amide bonds. The van der Waals surface area contributed by atoms with Gasteiger partial charge in [0, 0.05) is 43.2 Å². The molecule has 20 heavy (non-hydrogen) atoms. The summed E-state index contributed by atoms with van der Waals surface area (Å²) in [6, 6.07) is 2.63. The Hall–Kier alpha value is -1.95. The molecule has 1 N–H and O–H groups in total. The Balaban J connectivity index is 2.10. The summed E-state index contributed by atoms with van der Waals surface area (Å²) in [7, 11) is 1.83. The summed E-state index contributed by atoms with van der Waals surface area (Å²) in [5.74, 6) is 0.634. The molecule has 2 rings (SSSR count). The first-order chi connectivity index (χ1) is 9.45. The number of hydrogen-bond donors (Lipinski definition) is 1. The summed E-state index contributed by atoms with van der Waals surface area (Å²) in [5.41, 5.74) is 2.89. The van der Waals surface area contributed by atoms with Gasteiger partial charge in [-0.3, -0.25) is 0 Å². The van der Waals surface area contributed by atoms with Crippen LogP contribution >= 0.6 is 0 Å². The molecular weight excluding hydrogens is 254 g/mol. The maximum atomic E-state index is 5.65. The molecule has 108 valence electrons. The second-order valence-electron chi connectivity index (χ2n) is 5.15. The molecule has 0 aliphatic carbocycles. The molecule has 0 radical (unpaired) electrons. The van der Waals surface area contributed by atoms with Gasteiger partial charge in [0.05, 0.1) is 5.69 Å². The van der Waals surface area contributed by atoms with E-state index in [-0.39, 0.29) is 0 Å². The summed E-state index contributed by atoms with van der Waals surface area (Å²) in [6.45, 7) is 8.85. The maximum absolute atomic E-state index is 5.65. The van der Waals surface area contributed by atoms with Crippen LogP contribution in [0.3, 0.4) is 0 Å². The fraction of sp³-hybridized carbons (Fsp3) is 0.500. The van der Waals surface area contributed by atoms with Crippen molar-refractivity contribution in [3.05, 3.63) is 29.2 Å². The van der Waals surface area contributed by atoms with Crippen molar-refractivity contribution in [3.63, 3.8) is 0 Å². The van der Waals surface area contributed by atoms with Gasteiger partial charge in [0.25, 0.3) is 0 Å². The maximum Gasteiger partial charge on any atom is 0.323 e. The van der Waals surface area contributed by atoms with Crippen LogP contribution in [0.4, 0.5) is 0 Å². The molecule has 0 saturated heterocycles. The minimum atomic E-state index is 0.346. The van der Waals surface area contributed by atoms with E-state index in [0.717, 1.165) is 23.5 Å². The number of rotatable bonds is 5. The summed E-state index contributed by atoms with van der Waals surface area (Å²) >= 11 is 0. The Bertz CT molecular complexity index is 591. The van der Waals surface area contributed by atoms with Gasteiger partial charge in [-0.1, -0.05) is 13.8 Å². The lowest BCUT2D eigenvalue weighted by molar-refractivity contribution is 0.397. The van der Waals surface area contributed by atoms with Gasteiger partial charge in [0.15, 0.2) is 0 Å². The highest BCUT2D eigenvalue weighted by Gasteiger charge is 2.09. The van der Waals surface area contributed by atoms with E-state index in [1.165, 1.54) is 0 Å². The number of aromatic nitrogens is 4. The molecule has 0 atom stereocenters. The average molecular weight is 275 g/mol. The number of nitrogens with one attached hydrogen (secondary N) is 1. The van der Waals surface area contributed by atoms with Crippen LogP contribution in [0.25, 0.3) is 0 Å². The van der Waals surface area contributed by atoms with Crippen molar-refractivity contribution in [1.82, 2.24) is 25.1 Å². The average Bonchev–Trinajstić information content (AvgIpc) is 2.66. The first-order valence-electron chi connectivity index (χ1n) is 6.70. The first-order valence-corrected chi connectivity index (χ1v) is 6.70. The van der Waals surface area contributed by atoms with Crippen molar-refractivity contribution >= 4 is 0 Å². The quantitative estimate of drug-likeness (QED) is 0.905. The Labute approximate surface area is 119 Å². The molecule has 0 aromatic carbocycles. The molecule has 2 heterocycles. The topological polar surface area (TPSA) is 64.9 Å². The van der Waals surface area contributed by atoms with E-state index in [1.54, 1.807) is 10.9 Å². The highest BCUT2D eigenvalue weighted by Crippen LogP contribution is 2.18. The van der Waals surface area contributed by atoms with Crippen LogP contribution < -0.4 is 10.1 Å². The second kappa shape index (κ2) is 6.00. The van der Waals surface area contributed by atoms with Crippen LogP contribution in [-0.4, -0.2) is 25.8 Å². The number of aryl methyl sites for hydroxylation is 3. The zero-order chi connectivity index (χ0) is 14.7. The fourth-order valence-electron chi connectivity index (χ4n) is 1.78. The number of hydrogen-bond acceptors (Lipinski definition) is 5. The van der Waals surface area contributed by atoms with E-state index in [2.05, 4.69) is 34.2 Å². The van der Waals surface area contributed by atoms with E-state index < -0.39 is 0 Å². The van der Waals surface area contributed by atoms with Gasteiger partial charge in [-0.2, -0.15) is 10.1 Å². The molecule has 0 bridgehead atoms. The Morgan fingerprint density at radius 2 is 2.10 bits per heavy atom. The molecule has 0 aliphatic heterocycles. The lowest BCUT2D eigenvalue weighted by Crippen LogP contribution is -2.22. The molecular formula is C14H21N5O. The standard InChI is InChI=1S/C14H21N5O/c1-9(2)15-7-12-8-16-14(17-11(12)4)20-13-6-10(3)18-19(13)5/h6,8-9,15H,7H2,1-5H3. The van der Waals surface area contributed by atoms with E-state index in [0.29, 0.717) is 17.9 Å². The highest BCUT2D eigenvalue weighted by atomic mass is 16.5. The molecule has 6 nitrogen and oxygen atoms in total. The van der Waals surface area contributed by atoms with Gasteiger partial charge in [-0.25, -0.2) is 9.67 Å². The van der Waals surface area contributed by atoms with Gasteiger partial charge in [0.2, 0.25) is 5.88 Å². The normalized spacial score (nSPS) is 11.1. The smallest absolute Gasteiger partial charge is 0.323 e. The number of nitrogens with zero attached hydrogens (tertiary/aromatic N) is 4. The molecule has 6 heteroatoms. The Morgan fingerprint density at radius 3 is 2.65 bits per heavy atom. The third-order valence-electron chi connectivity index (χ3n) is 2.91. The zero-order valence-electron chi connectivity index (χ0n) is 12.6. The van der Waals surface area contributed by atoms with Gasteiger partial charge in [-0.15, -0.1) is 0 Å². The van der Waals surface area contributed by atoms with Crippen molar-refractivity contribution in [2.24, 2.45) is 7.05 Å². The van der Waals surface area contributed by atoms with Crippen LogP contribution in [0.2, 0.25) is 0 Å². The van der Waals surface area contributed by atoms with Crippen molar-refractivity contribution in [2.45, 2.75) is 40.3 Å². The monoisotopic (exact) mass is 275 g/mol. The summed E-state index contributed by atoms with van der Waals surface area (Å²) in [5, 5.41) is 7.57. The van der Waals surface area contributed by atoms with Gasteiger partial charge in [0.1, 0.15) is 0 Å². The van der Waals surface area contributed by atoms with E-state index in [9.17, 15) is 0 Å². The van der Waals surface area contributed by atoms with Crippen LogP contribution in [-0.2, 0) is 13.6 Å². The minimum Gasteiger partial charge on any atom is -0.405 e. The lowest BCUT2D eigenvalue weighted by atomic mass is 10.2. The van der Waals surface area contributed by atoms with Crippen molar-refractivity contribution in [1.29, 1.82) is 0 Å². The SMILES string of the molecule is Cc1cc(Oc2ncc(CNC(C)C)c(C)n2)n(C)n1. The van der Waals surface area contributed by atoms with E-state index >= 15 is 0 Å². The minimum absolute atomic E-state index is 0.346. The third kappa shape index (κ3) is 3.54.